The quantitative estimate of drug-likeness (QED) is 0.858. The van der Waals surface area contributed by atoms with Crippen LogP contribution in [0.15, 0.2) is 23.4 Å². The average Bonchev–Trinajstić information content (AvgIpc) is 2.59. The lowest BCUT2D eigenvalue weighted by Gasteiger charge is -2.42. The van der Waals surface area contributed by atoms with Crippen LogP contribution in [0, 0.1) is 0 Å². The Hall–Kier alpha value is -1.65. The summed E-state index contributed by atoms with van der Waals surface area (Å²) >= 11 is 0. The molecule has 2 fully saturated rings. The fourth-order valence-electron chi connectivity index (χ4n) is 4.15. The van der Waals surface area contributed by atoms with Crippen molar-refractivity contribution in [2.24, 2.45) is 0 Å². The van der Waals surface area contributed by atoms with Crippen LogP contribution in [0.3, 0.4) is 0 Å². The Morgan fingerprint density at radius 2 is 1.61 bits per heavy atom. The summed E-state index contributed by atoms with van der Waals surface area (Å²) in [7, 11) is 0. The molecule has 5 heteroatoms. The monoisotopic (exact) mass is 317 g/mol. The van der Waals surface area contributed by atoms with Crippen molar-refractivity contribution in [3.63, 3.8) is 0 Å². The van der Waals surface area contributed by atoms with E-state index >= 15 is 0 Å². The number of hydrogen-bond acceptors (Lipinski definition) is 3. The highest BCUT2D eigenvalue weighted by Gasteiger charge is 2.32. The molecule has 1 heterocycles. The van der Waals surface area contributed by atoms with E-state index in [-0.39, 0.29) is 18.0 Å². The van der Waals surface area contributed by atoms with Gasteiger partial charge < -0.3 is 4.90 Å². The van der Waals surface area contributed by atoms with Gasteiger partial charge in [0, 0.05) is 24.3 Å². The maximum absolute atomic E-state index is 13.0. The third kappa shape index (κ3) is 4.01. The zero-order chi connectivity index (χ0) is 16.1. The van der Waals surface area contributed by atoms with Gasteiger partial charge in [-0.05, 0) is 25.7 Å². The first-order valence-corrected chi connectivity index (χ1v) is 9.07. The molecule has 2 saturated carbocycles. The lowest BCUT2D eigenvalue weighted by Crippen LogP contribution is -2.50. The molecule has 0 atom stereocenters. The van der Waals surface area contributed by atoms with E-state index in [1.165, 1.54) is 61.7 Å². The molecule has 1 amide bonds. The highest BCUT2D eigenvalue weighted by molar-refractivity contribution is 5.76. The Labute approximate surface area is 137 Å². The molecular formula is C18H27N3O2. The van der Waals surface area contributed by atoms with Gasteiger partial charge in [0.15, 0.2) is 0 Å². The van der Waals surface area contributed by atoms with Crippen molar-refractivity contribution in [1.29, 1.82) is 0 Å². The summed E-state index contributed by atoms with van der Waals surface area (Å²) in [4.78, 5) is 31.0. The minimum absolute atomic E-state index is 0.0962. The molecule has 1 aromatic rings. The second kappa shape index (κ2) is 7.75. The predicted molar refractivity (Wildman–Crippen MR) is 89.1 cm³/mol. The standard InChI is InChI=1S/C18H27N3O2/c22-17-11-12-19-14-20(17)13-18(23)21(15-7-3-1-4-8-15)16-9-5-2-6-10-16/h11-12,14-16H,1-10,13H2. The van der Waals surface area contributed by atoms with Gasteiger partial charge in [0.1, 0.15) is 6.54 Å². The van der Waals surface area contributed by atoms with Crippen LogP contribution in [0.25, 0.3) is 0 Å². The second-order valence-electron chi connectivity index (χ2n) is 6.93. The van der Waals surface area contributed by atoms with Crippen molar-refractivity contribution >= 4 is 5.91 Å². The van der Waals surface area contributed by atoms with Crippen molar-refractivity contribution in [3.05, 3.63) is 28.9 Å². The summed E-state index contributed by atoms with van der Waals surface area (Å²) in [5, 5.41) is 0. The summed E-state index contributed by atoms with van der Waals surface area (Å²) in [5.74, 6) is 0.0962. The molecule has 5 nitrogen and oxygen atoms in total. The molecule has 0 radical (unpaired) electrons. The third-order valence-electron chi connectivity index (χ3n) is 5.32. The molecule has 0 aromatic carbocycles. The highest BCUT2D eigenvalue weighted by atomic mass is 16.2. The smallest absolute Gasteiger partial charge is 0.253 e. The highest BCUT2D eigenvalue weighted by Crippen LogP contribution is 2.30. The fraction of sp³-hybridized carbons (Fsp3) is 0.722. The van der Waals surface area contributed by atoms with Gasteiger partial charge in [-0.25, -0.2) is 4.98 Å². The zero-order valence-electron chi connectivity index (χ0n) is 13.8. The second-order valence-corrected chi connectivity index (χ2v) is 6.93. The first-order valence-electron chi connectivity index (χ1n) is 9.07. The lowest BCUT2D eigenvalue weighted by atomic mass is 9.88. The van der Waals surface area contributed by atoms with E-state index < -0.39 is 0 Å². The molecule has 0 aliphatic heterocycles. The number of hydrogen-bond donors (Lipinski definition) is 0. The molecule has 23 heavy (non-hydrogen) atoms. The van der Waals surface area contributed by atoms with Crippen LogP contribution in [0.4, 0.5) is 0 Å². The van der Waals surface area contributed by atoms with E-state index in [2.05, 4.69) is 9.88 Å². The number of carbonyl (C=O) groups is 1. The lowest BCUT2D eigenvalue weighted by molar-refractivity contribution is -0.138. The molecule has 0 bridgehead atoms. The normalized spacial score (nSPS) is 20.3. The molecular weight excluding hydrogens is 290 g/mol. The summed E-state index contributed by atoms with van der Waals surface area (Å²) < 4.78 is 1.43. The van der Waals surface area contributed by atoms with Crippen LogP contribution in [-0.4, -0.2) is 32.4 Å². The Balaban J connectivity index is 1.77. The average molecular weight is 317 g/mol. The Morgan fingerprint density at radius 3 is 2.13 bits per heavy atom. The maximum Gasteiger partial charge on any atom is 0.253 e. The summed E-state index contributed by atoms with van der Waals surface area (Å²) in [6.07, 6.45) is 14.8. The van der Waals surface area contributed by atoms with Gasteiger partial charge in [0.25, 0.3) is 5.56 Å². The topological polar surface area (TPSA) is 55.2 Å². The van der Waals surface area contributed by atoms with Crippen LogP contribution in [0.5, 0.6) is 0 Å². The van der Waals surface area contributed by atoms with E-state index in [0.29, 0.717) is 12.1 Å². The van der Waals surface area contributed by atoms with E-state index in [9.17, 15) is 9.59 Å². The minimum atomic E-state index is -0.152. The van der Waals surface area contributed by atoms with Gasteiger partial charge in [0.05, 0.1) is 6.33 Å². The van der Waals surface area contributed by atoms with E-state index in [1.54, 1.807) is 0 Å². The van der Waals surface area contributed by atoms with Crippen LogP contribution in [0.2, 0.25) is 0 Å². The van der Waals surface area contributed by atoms with Crippen LogP contribution in [0.1, 0.15) is 64.2 Å². The van der Waals surface area contributed by atoms with Crippen molar-refractivity contribution < 1.29 is 4.79 Å². The first kappa shape index (κ1) is 16.2. The number of rotatable bonds is 4. The van der Waals surface area contributed by atoms with E-state index in [1.807, 2.05) is 0 Å². The van der Waals surface area contributed by atoms with Crippen LogP contribution >= 0.6 is 0 Å². The number of carbonyl (C=O) groups excluding carboxylic acids is 1. The molecule has 2 aliphatic rings. The molecule has 3 rings (SSSR count). The molecule has 126 valence electrons. The number of aromatic nitrogens is 2. The fourth-order valence-corrected chi connectivity index (χ4v) is 4.15. The predicted octanol–water partition coefficient (Wildman–Crippen LogP) is 2.74. The van der Waals surface area contributed by atoms with Gasteiger partial charge in [-0.15, -0.1) is 0 Å². The molecule has 0 spiro atoms. The SMILES string of the molecule is O=C(Cn1cnccc1=O)N(C1CCCCC1)C1CCCCC1. The molecule has 2 aliphatic carbocycles. The largest absolute Gasteiger partial charge is 0.335 e. The van der Waals surface area contributed by atoms with Crippen molar-refractivity contribution in [2.75, 3.05) is 0 Å². The third-order valence-corrected chi connectivity index (χ3v) is 5.32. The van der Waals surface area contributed by atoms with Crippen molar-refractivity contribution in [2.45, 2.75) is 82.8 Å². The van der Waals surface area contributed by atoms with Gasteiger partial charge in [0.2, 0.25) is 5.91 Å². The number of nitrogens with zero attached hydrogens (tertiary/aromatic N) is 3. The first-order chi connectivity index (χ1) is 11.3. The van der Waals surface area contributed by atoms with E-state index in [0.717, 1.165) is 25.7 Å². The zero-order valence-corrected chi connectivity index (χ0v) is 13.8. The molecule has 0 unspecified atom stereocenters. The maximum atomic E-state index is 13.0. The summed E-state index contributed by atoms with van der Waals surface area (Å²) in [5.41, 5.74) is -0.152. The number of amides is 1. The van der Waals surface area contributed by atoms with Gasteiger partial charge in [-0.1, -0.05) is 38.5 Å². The Morgan fingerprint density at radius 1 is 1.04 bits per heavy atom. The summed E-state index contributed by atoms with van der Waals surface area (Å²) in [6, 6.07) is 2.15. The molecule has 0 saturated heterocycles. The van der Waals surface area contributed by atoms with Crippen molar-refractivity contribution in [1.82, 2.24) is 14.5 Å². The van der Waals surface area contributed by atoms with Crippen LogP contribution in [-0.2, 0) is 11.3 Å². The summed E-state index contributed by atoms with van der Waals surface area (Å²) in [6.45, 7) is 0.125. The van der Waals surface area contributed by atoms with Gasteiger partial charge >= 0.3 is 0 Å². The van der Waals surface area contributed by atoms with Crippen LogP contribution < -0.4 is 5.56 Å². The van der Waals surface area contributed by atoms with Gasteiger partial charge in [-0.2, -0.15) is 0 Å². The molecule has 1 aromatic heterocycles. The Kier molecular flexibility index (Phi) is 5.47. The van der Waals surface area contributed by atoms with Crippen molar-refractivity contribution in [3.8, 4) is 0 Å². The van der Waals surface area contributed by atoms with E-state index in [4.69, 9.17) is 0 Å². The Bertz CT molecular complexity index is 554. The minimum Gasteiger partial charge on any atom is -0.335 e. The van der Waals surface area contributed by atoms with Gasteiger partial charge in [-0.3, -0.25) is 14.2 Å². The molecule has 0 N–H and O–H groups in total.